The summed E-state index contributed by atoms with van der Waals surface area (Å²) in [5.74, 6) is -0.277. The van der Waals surface area contributed by atoms with Crippen molar-refractivity contribution in [3.05, 3.63) is 33.7 Å². The minimum Gasteiger partial charge on any atom is -0.477 e. The summed E-state index contributed by atoms with van der Waals surface area (Å²) in [6, 6.07) is 1.36. The normalized spacial score (nSPS) is 10.3. The second-order valence-electron chi connectivity index (χ2n) is 3.18. The predicted octanol–water partition coefficient (Wildman–Crippen LogP) is 1.22. The molecule has 4 nitrogen and oxygen atoms in total. The van der Waals surface area contributed by atoms with Gasteiger partial charge in [0.1, 0.15) is 5.56 Å². The number of nitrogens with zero attached hydrogens (tertiary/aromatic N) is 1. The van der Waals surface area contributed by atoms with Crippen LogP contribution in [-0.2, 0) is 6.54 Å². The van der Waals surface area contributed by atoms with E-state index in [1.54, 1.807) is 23.3 Å². The third kappa shape index (κ3) is 2.86. The highest BCUT2D eigenvalue weighted by molar-refractivity contribution is 7.98. The Morgan fingerprint density at radius 3 is 2.80 bits per heavy atom. The maximum atomic E-state index is 11.3. The van der Waals surface area contributed by atoms with Gasteiger partial charge in [-0.15, -0.1) is 0 Å². The third-order valence-electron chi connectivity index (χ3n) is 2.11. The van der Waals surface area contributed by atoms with Crippen molar-refractivity contribution < 1.29 is 9.90 Å². The van der Waals surface area contributed by atoms with Crippen molar-refractivity contribution in [2.45, 2.75) is 13.5 Å². The number of carboxylic acids is 1. The van der Waals surface area contributed by atoms with Gasteiger partial charge in [0.05, 0.1) is 0 Å². The monoisotopic (exact) mass is 227 g/mol. The summed E-state index contributed by atoms with van der Waals surface area (Å²) in [6.45, 7) is 2.51. The number of pyridine rings is 1. The van der Waals surface area contributed by atoms with E-state index in [1.165, 1.54) is 12.3 Å². The van der Waals surface area contributed by atoms with Crippen molar-refractivity contribution >= 4 is 17.7 Å². The van der Waals surface area contributed by atoms with Crippen LogP contribution in [-0.4, -0.2) is 27.7 Å². The lowest BCUT2D eigenvalue weighted by molar-refractivity contribution is 0.0694. The van der Waals surface area contributed by atoms with Gasteiger partial charge < -0.3 is 9.67 Å². The lowest BCUT2D eigenvalue weighted by Gasteiger charge is -2.10. The molecule has 15 heavy (non-hydrogen) atoms. The summed E-state index contributed by atoms with van der Waals surface area (Å²) in [5.41, 5.74) is 0.196. The molecule has 0 aliphatic heterocycles. The number of rotatable bonds is 4. The SMILES string of the molecule is CSCCn1cc(C(=O)O)c(=O)cc1C. The van der Waals surface area contributed by atoms with Crippen LogP contribution in [0.5, 0.6) is 0 Å². The van der Waals surface area contributed by atoms with Crippen LogP contribution >= 0.6 is 11.8 Å². The van der Waals surface area contributed by atoms with Gasteiger partial charge in [-0.25, -0.2) is 4.79 Å². The Balaban J connectivity index is 3.12. The average molecular weight is 227 g/mol. The van der Waals surface area contributed by atoms with Crippen molar-refractivity contribution in [3.8, 4) is 0 Å². The summed E-state index contributed by atoms with van der Waals surface area (Å²) in [4.78, 5) is 22.0. The van der Waals surface area contributed by atoms with Crippen LogP contribution in [0, 0.1) is 6.92 Å². The smallest absolute Gasteiger partial charge is 0.341 e. The van der Waals surface area contributed by atoms with E-state index >= 15 is 0 Å². The Hall–Kier alpha value is -1.23. The van der Waals surface area contributed by atoms with Crippen LogP contribution in [0.15, 0.2) is 17.1 Å². The Bertz CT molecular complexity index is 425. The van der Waals surface area contributed by atoms with Gasteiger partial charge in [-0.3, -0.25) is 4.79 Å². The van der Waals surface area contributed by atoms with Crippen molar-refractivity contribution in [2.24, 2.45) is 0 Å². The zero-order chi connectivity index (χ0) is 11.4. The molecule has 0 aromatic carbocycles. The number of carboxylic acid groups (broad SMARTS) is 1. The van der Waals surface area contributed by atoms with Gasteiger partial charge in [0.2, 0.25) is 0 Å². The molecule has 1 N–H and O–H groups in total. The topological polar surface area (TPSA) is 59.3 Å². The fourth-order valence-electron chi connectivity index (χ4n) is 1.26. The minimum atomic E-state index is -1.17. The fourth-order valence-corrected chi connectivity index (χ4v) is 1.64. The Kier molecular flexibility index (Phi) is 3.96. The van der Waals surface area contributed by atoms with E-state index in [-0.39, 0.29) is 5.56 Å². The molecule has 0 aliphatic rings. The van der Waals surface area contributed by atoms with Crippen molar-refractivity contribution in [3.63, 3.8) is 0 Å². The molecule has 0 bridgehead atoms. The maximum absolute atomic E-state index is 11.3. The Morgan fingerprint density at radius 2 is 2.27 bits per heavy atom. The fraction of sp³-hybridized carbons (Fsp3) is 0.400. The van der Waals surface area contributed by atoms with E-state index < -0.39 is 11.4 Å². The standard InChI is InChI=1S/C10H13NO3S/c1-7-5-9(12)8(10(13)14)6-11(7)3-4-15-2/h5-6H,3-4H2,1-2H3,(H,13,14). The van der Waals surface area contributed by atoms with Crippen LogP contribution in [0.25, 0.3) is 0 Å². The molecular weight excluding hydrogens is 214 g/mol. The molecule has 1 heterocycles. The van der Waals surface area contributed by atoms with E-state index in [9.17, 15) is 9.59 Å². The molecule has 1 rings (SSSR count). The number of aryl methyl sites for hydroxylation is 2. The van der Waals surface area contributed by atoms with Crippen LogP contribution in [0.3, 0.4) is 0 Å². The van der Waals surface area contributed by atoms with Crippen LogP contribution < -0.4 is 5.43 Å². The second-order valence-corrected chi connectivity index (χ2v) is 4.17. The molecule has 1 aromatic heterocycles. The lowest BCUT2D eigenvalue weighted by atomic mass is 10.2. The number of hydrogen-bond acceptors (Lipinski definition) is 3. The first-order valence-corrected chi connectivity index (χ1v) is 5.89. The van der Waals surface area contributed by atoms with Crippen LogP contribution in [0.1, 0.15) is 16.1 Å². The molecule has 0 amide bonds. The van der Waals surface area contributed by atoms with Gasteiger partial charge in [-0.1, -0.05) is 0 Å². The summed E-state index contributed by atoms with van der Waals surface area (Å²) >= 11 is 1.68. The van der Waals surface area contributed by atoms with Gasteiger partial charge >= 0.3 is 5.97 Å². The van der Waals surface area contributed by atoms with Gasteiger partial charge in [0, 0.05) is 30.3 Å². The van der Waals surface area contributed by atoms with E-state index in [0.717, 1.165) is 11.4 Å². The molecule has 0 spiro atoms. The zero-order valence-electron chi connectivity index (χ0n) is 8.69. The van der Waals surface area contributed by atoms with E-state index in [2.05, 4.69) is 0 Å². The highest BCUT2D eigenvalue weighted by Crippen LogP contribution is 2.02. The zero-order valence-corrected chi connectivity index (χ0v) is 9.50. The minimum absolute atomic E-state index is 0.165. The molecule has 0 aliphatic carbocycles. The number of aromatic nitrogens is 1. The van der Waals surface area contributed by atoms with Crippen LogP contribution in [0.4, 0.5) is 0 Å². The maximum Gasteiger partial charge on any atom is 0.341 e. The first-order chi connectivity index (χ1) is 7.06. The number of carbonyl (C=O) groups is 1. The summed E-state index contributed by atoms with van der Waals surface area (Å²) in [7, 11) is 0. The molecule has 0 radical (unpaired) electrons. The van der Waals surface area contributed by atoms with Gasteiger partial charge in [0.15, 0.2) is 5.43 Å². The van der Waals surface area contributed by atoms with Gasteiger partial charge in [-0.2, -0.15) is 11.8 Å². The largest absolute Gasteiger partial charge is 0.477 e. The summed E-state index contributed by atoms with van der Waals surface area (Å²) in [5, 5.41) is 8.79. The van der Waals surface area contributed by atoms with E-state index in [4.69, 9.17) is 5.11 Å². The molecule has 0 atom stereocenters. The second kappa shape index (κ2) is 5.02. The number of aromatic carboxylic acids is 1. The Labute approximate surface area is 91.9 Å². The first kappa shape index (κ1) is 11.8. The molecule has 0 fully saturated rings. The third-order valence-corrected chi connectivity index (χ3v) is 2.70. The van der Waals surface area contributed by atoms with Crippen molar-refractivity contribution in [2.75, 3.05) is 12.0 Å². The van der Waals surface area contributed by atoms with E-state index in [1.807, 2.05) is 6.26 Å². The Morgan fingerprint density at radius 1 is 1.60 bits per heavy atom. The molecule has 0 unspecified atom stereocenters. The summed E-state index contributed by atoms with van der Waals surface area (Å²) in [6.07, 6.45) is 3.40. The predicted molar refractivity (Wildman–Crippen MR) is 60.8 cm³/mol. The van der Waals surface area contributed by atoms with Gasteiger partial charge in [0.25, 0.3) is 0 Å². The lowest BCUT2D eigenvalue weighted by Crippen LogP contribution is -2.19. The molecular formula is C10H13NO3S. The van der Waals surface area contributed by atoms with Gasteiger partial charge in [-0.05, 0) is 13.2 Å². The number of thioether (sulfide) groups is 1. The molecule has 0 saturated carbocycles. The number of hydrogen-bond donors (Lipinski definition) is 1. The average Bonchev–Trinajstić information content (AvgIpc) is 2.16. The van der Waals surface area contributed by atoms with E-state index in [0.29, 0.717) is 6.54 Å². The molecule has 82 valence electrons. The quantitative estimate of drug-likeness (QED) is 0.840. The molecule has 5 heteroatoms. The van der Waals surface area contributed by atoms with Crippen molar-refractivity contribution in [1.29, 1.82) is 0 Å². The summed E-state index contributed by atoms with van der Waals surface area (Å²) < 4.78 is 1.79. The van der Waals surface area contributed by atoms with Crippen LogP contribution in [0.2, 0.25) is 0 Å². The van der Waals surface area contributed by atoms with Crippen molar-refractivity contribution in [1.82, 2.24) is 4.57 Å². The molecule has 1 aromatic rings. The highest BCUT2D eigenvalue weighted by atomic mass is 32.2. The first-order valence-electron chi connectivity index (χ1n) is 4.49. The highest BCUT2D eigenvalue weighted by Gasteiger charge is 2.09. The molecule has 0 saturated heterocycles.